The van der Waals surface area contributed by atoms with Crippen LogP contribution in [0.5, 0.6) is 5.75 Å². The molecular formula is C17H24ClN3O. The third-order valence-corrected chi connectivity index (χ3v) is 3.66. The second kappa shape index (κ2) is 8.69. The summed E-state index contributed by atoms with van der Waals surface area (Å²) in [5, 5.41) is 7.43. The SMILES string of the molecule is CCNC(=NCc1ccc(Cl)cc1OCC)NC1CC=CC1. The van der Waals surface area contributed by atoms with Gasteiger partial charge in [0.15, 0.2) is 5.96 Å². The van der Waals surface area contributed by atoms with Gasteiger partial charge in [-0.3, -0.25) is 0 Å². The average Bonchev–Trinajstić information content (AvgIpc) is 3.00. The predicted octanol–water partition coefficient (Wildman–Crippen LogP) is 3.51. The van der Waals surface area contributed by atoms with Crippen molar-refractivity contribution in [3.8, 4) is 5.75 Å². The average molecular weight is 322 g/mol. The van der Waals surface area contributed by atoms with Crippen LogP contribution < -0.4 is 15.4 Å². The number of nitrogens with zero attached hydrogens (tertiary/aromatic N) is 1. The highest BCUT2D eigenvalue weighted by molar-refractivity contribution is 6.30. The smallest absolute Gasteiger partial charge is 0.191 e. The molecule has 0 heterocycles. The number of rotatable bonds is 6. The largest absolute Gasteiger partial charge is 0.493 e. The van der Waals surface area contributed by atoms with Crippen molar-refractivity contribution in [2.45, 2.75) is 39.3 Å². The summed E-state index contributed by atoms with van der Waals surface area (Å²) in [5.74, 6) is 1.64. The number of aliphatic imine (C=N–C) groups is 1. The number of guanidine groups is 1. The Bertz CT molecular complexity index is 535. The molecule has 4 nitrogen and oxygen atoms in total. The fraction of sp³-hybridized carbons (Fsp3) is 0.471. The maximum Gasteiger partial charge on any atom is 0.191 e. The molecule has 0 amide bonds. The first-order valence-corrected chi connectivity index (χ1v) is 8.21. The molecule has 0 radical (unpaired) electrons. The van der Waals surface area contributed by atoms with Crippen molar-refractivity contribution in [2.75, 3.05) is 13.2 Å². The lowest BCUT2D eigenvalue weighted by Crippen LogP contribution is -2.42. The van der Waals surface area contributed by atoms with Gasteiger partial charge in [-0.15, -0.1) is 0 Å². The van der Waals surface area contributed by atoms with E-state index < -0.39 is 0 Å². The van der Waals surface area contributed by atoms with Crippen LogP contribution in [0.1, 0.15) is 32.3 Å². The van der Waals surface area contributed by atoms with Gasteiger partial charge in [-0.1, -0.05) is 29.8 Å². The molecule has 0 aliphatic heterocycles. The second-order valence-corrected chi connectivity index (χ2v) is 5.60. The monoisotopic (exact) mass is 321 g/mol. The summed E-state index contributed by atoms with van der Waals surface area (Å²) in [6, 6.07) is 6.12. The molecule has 2 rings (SSSR count). The molecule has 22 heavy (non-hydrogen) atoms. The minimum Gasteiger partial charge on any atom is -0.493 e. The van der Waals surface area contributed by atoms with Crippen LogP contribution in [0.2, 0.25) is 5.02 Å². The van der Waals surface area contributed by atoms with Crippen molar-refractivity contribution in [3.63, 3.8) is 0 Å². The highest BCUT2D eigenvalue weighted by atomic mass is 35.5. The molecule has 1 aliphatic rings. The molecule has 0 aromatic heterocycles. The van der Waals surface area contributed by atoms with Gasteiger partial charge in [-0.2, -0.15) is 0 Å². The fourth-order valence-corrected chi connectivity index (χ4v) is 2.52. The van der Waals surface area contributed by atoms with Crippen molar-refractivity contribution < 1.29 is 4.74 Å². The van der Waals surface area contributed by atoms with E-state index in [0.29, 0.717) is 24.2 Å². The topological polar surface area (TPSA) is 45.7 Å². The van der Waals surface area contributed by atoms with E-state index in [9.17, 15) is 0 Å². The Balaban J connectivity index is 2.05. The Morgan fingerprint density at radius 2 is 2.09 bits per heavy atom. The zero-order chi connectivity index (χ0) is 15.8. The van der Waals surface area contributed by atoms with Gasteiger partial charge in [0, 0.05) is 23.2 Å². The molecule has 0 unspecified atom stereocenters. The predicted molar refractivity (Wildman–Crippen MR) is 92.7 cm³/mol. The van der Waals surface area contributed by atoms with Crippen molar-refractivity contribution in [1.82, 2.24) is 10.6 Å². The van der Waals surface area contributed by atoms with Gasteiger partial charge in [0.1, 0.15) is 5.75 Å². The zero-order valence-electron chi connectivity index (χ0n) is 13.2. The Morgan fingerprint density at radius 3 is 2.77 bits per heavy atom. The van der Waals surface area contributed by atoms with E-state index in [2.05, 4.69) is 34.7 Å². The molecule has 0 saturated heterocycles. The lowest BCUT2D eigenvalue weighted by atomic mass is 10.2. The van der Waals surface area contributed by atoms with E-state index in [1.54, 1.807) is 0 Å². The number of nitrogens with one attached hydrogen (secondary N) is 2. The van der Waals surface area contributed by atoms with Crippen LogP contribution in [-0.2, 0) is 6.54 Å². The van der Waals surface area contributed by atoms with Gasteiger partial charge in [-0.25, -0.2) is 4.99 Å². The van der Waals surface area contributed by atoms with E-state index in [1.807, 2.05) is 25.1 Å². The fourth-order valence-electron chi connectivity index (χ4n) is 2.36. The molecule has 5 heteroatoms. The Labute approximate surface area is 137 Å². The van der Waals surface area contributed by atoms with Crippen LogP contribution in [0.4, 0.5) is 0 Å². The summed E-state index contributed by atoms with van der Waals surface area (Å²) < 4.78 is 5.64. The van der Waals surface area contributed by atoms with Gasteiger partial charge >= 0.3 is 0 Å². The lowest BCUT2D eigenvalue weighted by Gasteiger charge is -2.17. The Kier molecular flexibility index (Phi) is 6.59. The first kappa shape index (κ1) is 16.7. The standard InChI is InChI=1S/C17H24ClN3O/c1-3-19-17(21-15-7-5-6-8-15)20-12-13-9-10-14(18)11-16(13)22-4-2/h5-6,9-11,15H,3-4,7-8,12H2,1-2H3,(H2,19,20,21). The van der Waals surface area contributed by atoms with Crippen LogP contribution in [0.3, 0.4) is 0 Å². The maximum atomic E-state index is 6.03. The molecule has 1 aromatic carbocycles. The molecule has 0 bridgehead atoms. The summed E-state index contributed by atoms with van der Waals surface area (Å²) in [6.07, 6.45) is 6.51. The van der Waals surface area contributed by atoms with Gasteiger partial charge in [-0.05, 0) is 38.8 Å². The number of hydrogen-bond acceptors (Lipinski definition) is 2. The minimum atomic E-state index is 0.439. The van der Waals surface area contributed by atoms with Gasteiger partial charge < -0.3 is 15.4 Å². The van der Waals surface area contributed by atoms with Gasteiger partial charge in [0.25, 0.3) is 0 Å². The molecule has 0 fully saturated rings. The summed E-state index contributed by atoms with van der Waals surface area (Å²) >= 11 is 6.03. The zero-order valence-corrected chi connectivity index (χ0v) is 14.0. The normalized spacial score (nSPS) is 15.1. The molecule has 1 aliphatic carbocycles. The van der Waals surface area contributed by atoms with Gasteiger partial charge in [0.2, 0.25) is 0 Å². The first-order chi connectivity index (χ1) is 10.7. The van der Waals surface area contributed by atoms with Crippen molar-refractivity contribution in [3.05, 3.63) is 40.9 Å². The van der Waals surface area contributed by atoms with E-state index in [1.165, 1.54) is 0 Å². The second-order valence-electron chi connectivity index (χ2n) is 5.16. The number of halogens is 1. The van der Waals surface area contributed by atoms with Crippen LogP contribution >= 0.6 is 11.6 Å². The van der Waals surface area contributed by atoms with Crippen molar-refractivity contribution in [2.24, 2.45) is 4.99 Å². The summed E-state index contributed by atoms with van der Waals surface area (Å²) in [4.78, 5) is 4.66. The van der Waals surface area contributed by atoms with Crippen LogP contribution in [0.15, 0.2) is 35.3 Å². The van der Waals surface area contributed by atoms with Gasteiger partial charge in [0.05, 0.1) is 13.2 Å². The van der Waals surface area contributed by atoms with Crippen LogP contribution in [0, 0.1) is 0 Å². The Morgan fingerprint density at radius 1 is 1.32 bits per heavy atom. The molecule has 0 atom stereocenters. The lowest BCUT2D eigenvalue weighted by molar-refractivity contribution is 0.336. The molecule has 2 N–H and O–H groups in total. The van der Waals surface area contributed by atoms with E-state index >= 15 is 0 Å². The number of benzene rings is 1. The quantitative estimate of drug-likeness (QED) is 0.479. The van der Waals surface area contributed by atoms with E-state index in [-0.39, 0.29) is 0 Å². The minimum absolute atomic E-state index is 0.439. The highest BCUT2D eigenvalue weighted by Crippen LogP contribution is 2.24. The van der Waals surface area contributed by atoms with E-state index in [0.717, 1.165) is 36.7 Å². The molecule has 0 spiro atoms. The summed E-state index contributed by atoms with van der Waals surface area (Å²) in [7, 11) is 0. The summed E-state index contributed by atoms with van der Waals surface area (Å²) in [5.41, 5.74) is 1.04. The van der Waals surface area contributed by atoms with E-state index in [4.69, 9.17) is 16.3 Å². The summed E-state index contributed by atoms with van der Waals surface area (Å²) in [6.45, 7) is 6.04. The molecular weight excluding hydrogens is 298 g/mol. The highest BCUT2D eigenvalue weighted by Gasteiger charge is 2.12. The maximum absolute atomic E-state index is 6.03. The molecule has 1 aromatic rings. The third kappa shape index (κ3) is 4.95. The Hall–Kier alpha value is -1.68. The van der Waals surface area contributed by atoms with Crippen molar-refractivity contribution in [1.29, 1.82) is 0 Å². The number of hydrogen-bond donors (Lipinski definition) is 2. The molecule has 120 valence electrons. The van der Waals surface area contributed by atoms with Crippen LogP contribution in [-0.4, -0.2) is 25.2 Å². The molecule has 0 saturated carbocycles. The van der Waals surface area contributed by atoms with Crippen LogP contribution in [0.25, 0.3) is 0 Å². The third-order valence-electron chi connectivity index (χ3n) is 3.43. The number of ether oxygens (including phenoxy) is 1. The first-order valence-electron chi connectivity index (χ1n) is 7.84. The van der Waals surface area contributed by atoms with Crippen molar-refractivity contribution >= 4 is 17.6 Å².